The van der Waals surface area contributed by atoms with Crippen molar-refractivity contribution >= 4 is 27.5 Å². The quantitative estimate of drug-likeness (QED) is 0.612. The molecule has 1 atom stereocenters. The van der Waals surface area contributed by atoms with Gasteiger partial charge in [-0.2, -0.15) is 17.9 Å². The fourth-order valence-electron chi connectivity index (χ4n) is 2.54. The highest BCUT2D eigenvalue weighted by molar-refractivity contribution is 7.89. The number of halogens is 3. The lowest BCUT2D eigenvalue weighted by atomic mass is 10.2. The molecule has 2 aromatic rings. The summed E-state index contributed by atoms with van der Waals surface area (Å²) in [6.45, 7) is 3.35. The van der Waals surface area contributed by atoms with Crippen molar-refractivity contribution in [2.45, 2.75) is 31.0 Å². The van der Waals surface area contributed by atoms with Crippen LogP contribution in [0.25, 0.3) is 0 Å². The number of amides is 2. The van der Waals surface area contributed by atoms with Gasteiger partial charge in [0.2, 0.25) is 15.9 Å². The van der Waals surface area contributed by atoms with Gasteiger partial charge in [0.1, 0.15) is 0 Å². The topological polar surface area (TPSA) is 104 Å². The number of alkyl halides is 3. The first-order chi connectivity index (χ1) is 14.0. The van der Waals surface area contributed by atoms with Crippen LogP contribution in [-0.4, -0.2) is 32.8 Å². The Morgan fingerprint density at radius 1 is 1.07 bits per heavy atom. The van der Waals surface area contributed by atoms with Gasteiger partial charge >= 0.3 is 6.18 Å². The standard InChI is InChI=1S/C19H20F3N3O4S/c1-3-23-18(27)13-7-6-8-14(11-13)24-17(26)12(2)25-30(28,29)16-10-5-4-9-15(16)19(20,21)22/h4-12,25H,3H2,1-2H3,(H,23,27)(H,24,26). The molecule has 1 unspecified atom stereocenters. The van der Waals surface area contributed by atoms with Crippen molar-refractivity contribution in [2.24, 2.45) is 0 Å². The second-order valence-electron chi connectivity index (χ2n) is 6.27. The van der Waals surface area contributed by atoms with Crippen LogP contribution < -0.4 is 15.4 Å². The number of carbonyl (C=O) groups is 2. The van der Waals surface area contributed by atoms with Crippen LogP contribution in [0.3, 0.4) is 0 Å². The van der Waals surface area contributed by atoms with E-state index in [0.717, 1.165) is 18.2 Å². The van der Waals surface area contributed by atoms with Gasteiger partial charge in [-0.3, -0.25) is 9.59 Å². The van der Waals surface area contributed by atoms with Crippen molar-refractivity contribution in [2.75, 3.05) is 11.9 Å². The van der Waals surface area contributed by atoms with Gasteiger partial charge in [0.05, 0.1) is 16.5 Å². The first-order valence-electron chi connectivity index (χ1n) is 8.83. The van der Waals surface area contributed by atoms with Crippen molar-refractivity contribution in [3.8, 4) is 0 Å². The molecule has 30 heavy (non-hydrogen) atoms. The summed E-state index contributed by atoms with van der Waals surface area (Å²) in [7, 11) is -4.63. The minimum atomic E-state index is -4.88. The summed E-state index contributed by atoms with van der Waals surface area (Å²) in [6, 6.07) is 8.22. The van der Waals surface area contributed by atoms with Gasteiger partial charge in [-0.05, 0) is 44.2 Å². The van der Waals surface area contributed by atoms with Crippen LogP contribution in [0.5, 0.6) is 0 Å². The minimum Gasteiger partial charge on any atom is -0.352 e. The predicted molar refractivity (Wildman–Crippen MR) is 104 cm³/mol. The van der Waals surface area contributed by atoms with Gasteiger partial charge in [-0.25, -0.2) is 8.42 Å². The molecule has 7 nitrogen and oxygen atoms in total. The maximum Gasteiger partial charge on any atom is 0.417 e. The second-order valence-corrected chi connectivity index (χ2v) is 7.95. The number of hydrogen-bond donors (Lipinski definition) is 3. The minimum absolute atomic E-state index is 0.227. The highest BCUT2D eigenvalue weighted by atomic mass is 32.2. The molecular weight excluding hydrogens is 423 g/mol. The van der Waals surface area contributed by atoms with Crippen LogP contribution in [0.2, 0.25) is 0 Å². The molecule has 0 aliphatic rings. The maximum atomic E-state index is 13.1. The van der Waals surface area contributed by atoms with E-state index in [2.05, 4.69) is 10.6 Å². The Kier molecular flexibility index (Phi) is 7.21. The van der Waals surface area contributed by atoms with Crippen LogP contribution in [0.1, 0.15) is 29.8 Å². The van der Waals surface area contributed by atoms with Gasteiger partial charge in [0.25, 0.3) is 5.91 Å². The summed E-state index contributed by atoms with van der Waals surface area (Å²) in [5.41, 5.74) is -0.827. The molecule has 0 bridgehead atoms. The molecule has 0 aromatic heterocycles. The van der Waals surface area contributed by atoms with Gasteiger partial charge in [-0.15, -0.1) is 0 Å². The summed E-state index contributed by atoms with van der Waals surface area (Å²) in [5, 5.41) is 5.03. The molecule has 162 valence electrons. The largest absolute Gasteiger partial charge is 0.417 e. The number of carbonyl (C=O) groups excluding carboxylic acids is 2. The Bertz CT molecular complexity index is 1040. The number of sulfonamides is 1. The molecule has 0 heterocycles. The third-order valence-electron chi connectivity index (χ3n) is 3.94. The fourth-order valence-corrected chi connectivity index (χ4v) is 3.97. The normalized spacial score (nSPS) is 12.8. The summed E-state index contributed by atoms with van der Waals surface area (Å²) < 4.78 is 66.2. The Morgan fingerprint density at radius 2 is 1.73 bits per heavy atom. The Hall–Kier alpha value is -2.92. The van der Waals surface area contributed by atoms with E-state index in [9.17, 15) is 31.2 Å². The Balaban J connectivity index is 2.17. The van der Waals surface area contributed by atoms with Gasteiger partial charge < -0.3 is 10.6 Å². The van der Waals surface area contributed by atoms with E-state index in [-0.39, 0.29) is 17.2 Å². The number of hydrogen-bond acceptors (Lipinski definition) is 4. The van der Waals surface area contributed by atoms with Crippen LogP contribution in [0, 0.1) is 0 Å². The van der Waals surface area contributed by atoms with E-state index >= 15 is 0 Å². The molecule has 0 saturated carbocycles. The average molecular weight is 443 g/mol. The predicted octanol–water partition coefficient (Wildman–Crippen LogP) is 2.76. The van der Waals surface area contributed by atoms with Crippen molar-refractivity contribution in [3.63, 3.8) is 0 Å². The molecule has 3 N–H and O–H groups in total. The molecular formula is C19H20F3N3O4S. The van der Waals surface area contributed by atoms with Crippen LogP contribution in [0.15, 0.2) is 53.4 Å². The molecule has 0 fully saturated rings. The molecule has 0 spiro atoms. The molecule has 2 rings (SSSR count). The molecule has 0 aliphatic carbocycles. The van der Waals surface area contributed by atoms with E-state index in [1.54, 1.807) is 6.92 Å². The molecule has 2 amide bonds. The van der Waals surface area contributed by atoms with Gasteiger partial charge in [0, 0.05) is 17.8 Å². The van der Waals surface area contributed by atoms with Crippen molar-refractivity contribution in [3.05, 3.63) is 59.7 Å². The summed E-state index contributed by atoms with van der Waals surface area (Å²) in [4.78, 5) is 23.2. The second kappa shape index (κ2) is 9.26. The zero-order valence-electron chi connectivity index (χ0n) is 16.1. The zero-order valence-corrected chi connectivity index (χ0v) is 16.9. The number of rotatable bonds is 7. The van der Waals surface area contributed by atoms with Crippen molar-refractivity contribution in [1.82, 2.24) is 10.0 Å². The number of benzene rings is 2. The molecule has 0 saturated heterocycles. The summed E-state index contributed by atoms with van der Waals surface area (Å²) in [5.74, 6) is -1.16. The van der Waals surface area contributed by atoms with Crippen molar-refractivity contribution in [1.29, 1.82) is 0 Å². The molecule has 11 heteroatoms. The number of anilines is 1. The van der Waals surface area contributed by atoms with Gasteiger partial charge in [0.15, 0.2) is 0 Å². The third kappa shape index (κ3) is 5.80. The first-order valence-corrected chi connectivity index (χ1v) is 10.3. The van der Waals surface area contributed by atoms with E-state index in [4.69, 9.17) is 0 Å². The SMILES string of the molecule is CCNC(=O)c1cccc(NC(=O)C(C)NS(=O)(=O)c2ccccc2C(F)(F)F)c1. The van der Waals surface area contributed by atoms with Crippen LogP contribution in [-0.2, 0) is 21.0 Å². The smallest absolute Gasteiger partial charge is 0.352 e. The Morgan fingerprint density at radius 3 is 2.37 bits per heavy atom. The lowest BCUT2D eigenvalue weighted by molar-refractivity contribution is -0.139. The lowest BCUT2D eigenvalue weighted by Crippen LogP contribution is -2.42. The summed E-state index contributed by atoms with van der Waals surface area (Å²) in [6.07, 6.45) is -4.88. The third-order valence-corrected chi connectivity index (χ3v) is 5.54. The zero-order chi connectivity index (χ0) is 22.5. The maximum absolute atomic E-state index is 13.1. The summed E-state index contributed by atoms with van der Waals surface area (Å²) >= 11 is 0. The highest BCUT2D eigenvalue weighted by Gasteiger charge is 2.37. The fraction of sp³-hybridized carbons (Fsp3) is 0.263. The van der Waals surface area contributed by atoms with E-state index in [1.807, 2.05) is 4.72 Å². The van der Waals surface area contributed by atoms with Crippen LogP contribution in [0.4, 0.5) is 18.9 Å². The Labute approximate surface area is 171 Å². The molecule has 0 aliphatic heterocycles. The van der Waals surface area contributed by atoms with E-state index < -0.39 is 38.6 Å². The van der Waals surface area contributed by atoms with E-state index in [1.165, 1.54) is 31.2 Å². The monoisotopic (exact) mass is 443 g/mol. The number of nitrogens with one attached hydrogen (secondary N) is 3. The van der Waals surface area contributed by atoms with E-state index in [0.29, 0.717) is 12.6 Å². The van der Waals surface area contributed by atoms with Gasteiger partial charge in [-0.1, -0.05) is 18.2 Å². The van der Waals surface area contributed by atoms with Crippen LogP contribution >= 0.6 is 0 Å². The highest BCUT2D eigenvalue weighted by Crippen LogP contribution is 2.33. The molecule has 2 aromatic carbocycles. The average Bonchev–Trinajstić information content (AvgIpc) is 2.67. The van der Waals surface area contributed by atoms with Crippen molar-refractivity contribution < 1.29 is 31.2 Å². The lowest BCUT2D eigenvalue weighted by Gasteiger charge is -2.17. The first kappa shape index (κ1) is 23.4. The molecule has 0 radical (unpaired) electrons.